The zero-order valence-electron chi connectivity index (χ0n) is 12.3. The fraction of sp³-hybridized carbons (Fsp3) is 0.643. The SMILES string of the molecule is CC(C)[C@H](N)C(=O)N1CCC(Oc2ncc(Br)cn2)CC1. The number of carbonyl (C=O) groups is 1. The molecule has 0 radical (unpaired) electrons. The molecule has 0 unspecified atom stereocenters. The molecule has 1 aromatic heterocycles. The van der Waals surface area contributed by atoms with E-state index in [9.17, 15) is 4.79 Å². The number of ether oxygens (including phenoxy) is 1. The van der Waals surface area contributed by atoms with Gasteiger partial charge in [-0.05, 0) is 21.8 Å². The molecule has 0 saturated carbocycles. The molecule has 0 bridgehead atoms. The number of hydrogen-bond acceptors (Lipinski definition) is 5. The Bertz CT molecular complexity index is 472. The van der Waals surface area contributed by atoms with Crippen LogP contribution in [-0.4, -0.2) is 46.0 Å². The average molecular weight is 357 g/mol. The van der Waals surface area contributed by atoms with E-state index in [4.69, 9.17) is 10.5 Å². The van der Waals surface area contributed by atoms with Gasteiger partial charge in [-0.3, -0.25) is 4.79 Å². The van der Waals surface area contributed by atoms with Crippen LogP contribution >= 0.6 is 15.9 Å². The van der Waals surface area contributed by atoms with Crippen LogP contribution in [0.5, 0.6) is 6.01 Å². The number of aromatic nitrogens is 2. The van der Waals surface area contributed by atoms with Crippen molar-refractivity contribution in [1.82, 2.24) is 14.9 Å². The maximum Gasteiger partial charge on any atom is 0.316 e. The van der Waals surface area contributed by atoms with Gasteiger partial charge in [0.25, 0.3) is 0 Å². The number of nitrogens with zero attached hydrogens (tertiary/aromatic N) is 3. The molecule has 0 spiro atoms. The monoisotopic (exact) mass is 356 g/mol. The van der Waals surface area contributed by atoms with Crippen molar-refractivity contribution in [2.45, 2.75) is 38.8 Å². The van der Waals surface area contributed by atoms with E-state index in [1.165, 1.54) is 0 Å². The van der Waals surface area contributed by atoms with Gasteiger partial charge in [0.15, 0.2) is 0 Å². The van der Waals surface area contributed by atoms with E-state index in [0.29, 0.717) is 19.1 Å². The summed E-state index contributed by atoms with van der Waals surface area (Å²) in [4.78, 5) is 22.2. The molecular formula is C14H21BrN4O2. The van der Waals surface area contributed by atoms with Crippen molar-refractivity contribution in [3.05, 3.63) is 16.9 Å². The van der Waals surface area contributed by atoms with E-state index < -0.39 is 6.04 Å². The predicted octanol–water partition coefficient (Wildman–Crippen LogP) is 1.59. The van der Waals surface area contributed by atoms with Crippen molar-refractivity contribution in [3.8, 4) is 6.01 Å². The van der Waals surface area contributed by atoms with Crippen LogP contribution < -0.4 is 10.5 Å². The van der Waals surface area contributed by atoms with Gasteiger partial charge >= 0.3 is 6.01 Å². The molecule has 6 nitrogen and oxygen atoms in total. The van der Waals surface area contributed by atoms with E-state index in [1.807, 2.05) is 18.7 Å². The normalized spacial score (nSPS) is 17.9. The summed E-state index contributed by atoms with van der Waals surface area (Å²) in [6.07, 6.45) is 4.91. The van der Waals surface area contributed by atoms with E-state index in [2.05, 4.69) is 25.9 Å². The van der Waals surface area contributed by atoms with Crippen LogP contribution in [0.25, 0.3) is 0 Å². The van der Waals surface area contributed by atoms with E-state index in [0.717, 1.165) is 17.3 Å². The fourth-order valence-electron chi connectivity index (χ4n) is 2.20. The predicted molar refractivity (Wildman–Crippen MR) is 82.8 cm³/mol. The summed E-state index contributed by atoms with van der Waals surface area (Å²) in [6, 6.07) is -0.0425. The lowest BCUT2D eigenvalue weighted by Gasteiger charge is -2.33. The second kappa shape index (κ2) is 7.17. The summed E-state index contributed by atoms with van der Waals surface area (Å²) >= 11 is 3.28. The largest absolute Gasteiger partial charge is 0.460 e. The number of piperidine rings is 1. The molecule has 2 rings (SSSR count). The summed E-state index contributed by atoms with van der Waals surface area (Å²) in [6.45, 7) is 5.26. The minimum atomic E-state index is -0.419. The van der Waals surface area contributed by atoms with Crippen molar-refractivity contribution in [2.75, 3.05) is 13.1 Å². The Balaban J connectivity index is 1.83. The Hall–Kier alpha value is -1.21. The van der Waals surface area contributed by atoms with Gasteiger partial charge in [-0.15, -0.1) is 0 Å². The van der Waals surface area contributed by atoms with E-state index >= 15 is 0 Å². The summed E-state index contributed by atoms with van der Waals surface area (Å²) in [7, 11) is 0. The lowest BCUT2D eigenvalue weighted by atomic mass is 10.0. The first-order valence-electron chi connectivity index (χ1n) is 7.16. The Morgan fingerprint density at radius 3 is 2.48 bits per heavy atom. The molecule has 1 saturated heterocycles. The second-order valence-corrected chi connectivity index (χ2v) is 6.51. The molecule has 1 atom stereocenters. The summed E-state index contributed by atoms with van der Waals surface area (Å²) < 4.78 is 6.55. The lowest BCUT2D eigenvalue weighted by Crippen LogP contribution is -2.50. The standard InChI is InChI=1S/C14H21BrN4O2/c1-9(2)12(16)13(20)19-5-3-11(4-6-19)21-14-17-7-10(15)8-18-14/h7-9,11-12H,3-6,16H2,1-2H3/t12-/m0/s1. The summed E-state index contributed by atoms with van der Waals surface area (Å²) in [5.41, 5.74) is 5.92. The van der Waals surface area contributed by atoms with Gasteiger partial charge in [-0.25, -0.2) is 9.97 Å². The number of carbonyl (C=O) groups excluding carboxylic acids is 1. The van der Waals surface area contributed by atoms with Gasteiger partial charge in [0.05, 0.1) is 10.5 Å². The Kier molecular flexibility index (Phi) is 5.52. The third kappa shape index (κ3) is 4.38. The summed E-state index contributed by atoms with van der Waals surface area (Å²) in [5.74, 6) is 0.186. The van der Waals surface area contributed by atoms with Gasteiger partial charge in [0.2, 0.25) is 5.91 Å². The van der Waals surface area contributed by atoms with Gasteiger partial charge in [0, 0.05) is 38.3 Å². The topological polar surface area (TPSA) is 81.3 Å². The molecule has 1 aliphatic rings. The average Bonchev–Trinajstić information content (AvgIpc) is 2.49. The minimum Gasteiger partial charge on any atom is -0.460 e. The third-order valence-corrected chi connectivity index (χ3v) is 4.04. The molecule has 1 aromatic rings. The number of rotatable bonds is 4. The van der Waals surface area contributed by atoms with Crippen LogP contribution in [-0.2, 0) is 4.79 Å². The molecule has 0 aliphatic carbocycles. The van der Waals surface area contributed by atoms with Crippen molar-refractivity contribution >= 4 is 21.8 Å². The third-order valence-electron chi connectivity index (χ3n) is 3.63. The zero-order valence-corrected chi connectivity index (χ0v) is 13.9. The number of amides is 1. The first-order valence-corrected chi connectivity index (χ1v) is 7.95. The fourth-order valence-corrected chi connectivity index (χ4v) is 2.41. The zero-order chi connectivity index (χ0) is 15.4. The van der Waals surface area contributed by atoms with E-state index in [1.54, 1.807) is 12.4 Å². The van der Waals surface area contributed by atoms with Gasteiger partial charge in [-0.1, -0.05) is 13.8 Å². The number of hydrogen-bond donors (Lipinski definition) is 1. The van der Waals surface area contributed by atoms with Gasteiger partial charge < -0.3 is 15.4 Å². The van der Waals surface area contributed by atoms with Gasteiger partial charge in [0.1, 0.15) is 6.10 Å². The molecular weight excluding hydrogens is 336 g/mol. The Labute approximate surface area is 133 Å². The molecule has 1 aliphatic heterocycles. The van der Waals surface area contributed by atoms with Crippen LogP contribution in [0, 0.1) is 5.92 Å². The van der Waals surface area contributed by atoms with Crippen LogP contribution in [0.4, 0.5) is 0 Å². The van der Waals surface area contributed by atoms with Crippen molar-refractivity contribution in [3.63, 3.8) is 0 Å². The smallest absolute Gasteiger partial charge is 0.316 e. The number of halogens is 1. The summed E-state index contributed by atoms with van der Waals surface area (Å²) in [5, 5.41) is 0. The minimum absolute atomic E-state index is 0.0309. The highest BCUT2D eigenvalue weighted by Gasteiger charge is 2.28. The highest BCUT2D eigenvalue weighted by atomic mass is 79.9. The molecule has 2 N–H and O–H groups in total. The van der Waals surface area contributed by atoms with Crippen LogP contribution in [0.1, 0.15) is 26.7 Å². The first kappa shape index (κ1) is 16.2. The highest BCUT2D eigenvalue weighted by molar-refractivity contribution is 9.10. The molecule has 116 valence electrons. The lowest BCUT2D eigenvalue weighted by molar-refractivity contribution is -0.135. The molecule has 7 heteroatoms. The molecule has 1 amide bonds. The Morgan fingerprint density at radius 2 is 1.95 bits per heavy atom. The Morgan fingerprint density at radius 1 is 1.38 bits per heavy atom. The molecule has 0 aromatic carbocycles. The molecule has 2 heterocycles. The number of likely N-dealkylation sites (tertiary alicyclic amines) is 1. The number of nitrogens with two attached hydrogens (primary N) is 1. The first-order chi connectivity index (χ1) is 9.97. The van der Waals surface area contributed by atoms with E-state index in [-0.39, 0.29) is 17.9 Å². The van der Waals surface area contributed by atoms with Crippen molar-refractivity contribution in [2.24, 2.45) is 11.7 Å². The van der Waals surface area contributed by atoms with Crippen LogP contribution in [0.2, 0.25) is 0 Å². The quantitative estimate of drug-likeness (QED) is 0.885. The van der Waals surface area contributed by atoms with Crippen LogP contribution in [0.15, 0.2) is 16.9 Å². The highest BCUT2D eigenvalue weighted by Crippen LogP contribution is 2.18. The van der Waals surface area contributed by atoms with Crippen LogP contribution in [0.3, 0.4) is 0 Å². The maximum atomic E-state index is 12.2. The molecule has 21 heavy (non-hydrogen) atoms. The second-order valence-electron chi connectivity index (χ2n) is 5.60. The van der Waals surface area contributed by atoms with Gasteiger partial charge in [-0.2, -0.15) is 0 Å². The maximum absolute atomic E-state index is 12.2. The molecule has 1 fully saturated rings. The van der Waals surface area contributed by atoms with Crippen molar-refractivity contribution in [1.29, 1.82) is 0 Å². The van der Waals surface area contributed by atoms with Crippen molar-refractivity contribution < 1.29 is 9.53 Å².